The highest BCUT2D eigenvalue weighted by atomic mass is 35.5. The zero-order valence-electron chi connectivity index (χ0n) is 11.4. The number of nitrogens with two attached hydrogens (primary N) is 1. The van der Waals surface area contributed by atoms with Crippen molar-refractivity contribution in [1.82, 2.24) is 0 Å². The molecule has 9 heteroatoms. The number of halogens is 2. The fourth-order valence-corrected chi connectivity index (χ4v) is 2.79. The molecule has 1 rings (SSSR count). The number of rotatable bonds is 7. The van der Waals surface area contributed by atoms with E-state index in [1.165, 1.54) is 0 Å². The molecular formula is C12H16Cl2N2O4S. The first-order valence-electron chi connectivity index (χ1n) is 6.15. The minimum Gasteiger partial charge on any atom is -0.382 e. The second kappa shape index (κ2) is 7.95. The molecule has 1 amide bonds. The molecule has 0 aliphatic rings. The first kappa shape index (κ1) is 18.2. The van der Waals surface area contributed by atoms with Crippen LogP contribution in [0.25, 0.3) is 0 Å². The van der Waals surface area contributed by atoms with Gasteiger partial charge in [0.15, 0.2) is 0 Å². The van der Waals surface area contributed by atoms with Crippen LogP contribution in [0.1, 0.15) is 19.8 Å². The lowest BCUT2D eigenvalue weighted by Crippen LogP contribution is -2.15. The van der Waals surface area contributed by atoms with Gasteiger partial charge in [-0.3, -0.25) is 4.79 Å². The Balaban J connectivity index is 2.78. The number of ether oxygens (including phenoxy) is 1. The monoisotopic (exact) mass is 354 g/mol. The molecule has 1 aromatic carbocycles. The number of hydrogen-bond donors (Lipinski definition) is 2. The van der Waals surface area contributed by atoms with Crippen molar-refractivity contribution < 1.29 is 17.9 Å². The summed E-state index contributed by atoms with van der Waals surface area (Å²) in [4.78, 5) is 11.5. The number of anilines is 1. The van der Waals surface area contributed by atoms with Crippen molar-refractivity contribution in [1.29, 1.82) is 0 Å². The second-order valence-corrected chi connectivity index (χ2v) is 6.53. The molecule has 0 fully saturated rings. The molecule has 0 spiro atoms. The van der Waals surface area contributed by atoms with Gasteiger partial charge in [-0.05, 0) is 25.5 Å². The third kappa shape index (κ3) is 5.80. The Morgan fingerprint density at radius 1 is 1.33 bits per heavy atom. The number of benzene rings is 1. The highest BCUT2D eigenvalue weighted by Gasteiger charge is 2.16. The van der Waals surface area contributed by atoms with E-state index in [1.54, 1.807) is 0 Å². The Kier molecular flexibility index (Phi) is 6.89. The second-order valence-electron chi connectivity index (χ2n) is 4.16. The lowest BCUT2D eigenvalue weighted by Gasteiger charge is -2.11. The first-order chi connectivity index (χ1) is 9.75. The summed E-state index contributed by atoms with van der Waals surface area (Å²) in [5, 5.41) is 7.54. The number of carbonyl (C=O) groups excluding carboxylic acids is 1. The standard InChI is InChI=1S/C12H16Cl2N2O4S/c1-2-20-5-3-4-11(17)16-12-9(13)6-8(7-10(12)14)21(15,18)19/h6-7H,2-5H2,1H3,(H,16,17)(H2,15,18,19). The lowest BCUT2D eigenvalue weighted by atomic mass is 10.2. The lowest BCUT2D eigenvalue weighted by molar-refractivity contribution is -0.116. The summed E-state index contributed by atoms with van der Waals surface area (Å²) in [5.41, 5.74) is 0.159. The van der Waals surface area contributed by atoms with Crippen molar-refractivity contribution in [2.45, 2.75) is 24.7 Å². The SMILES string of the molecule is CCOCCCC(=O)Nc1c(Cl)cc(S(N)(=O)=O)cc1Cl. The Morgan fingerprint density at radius 3 is 2.38 bits per heavy atom. The summed E-state index contributed by atoms with van der Waals surface area (Å²) in [7, 11) is -3.91. The molecule has 0 aliphatic carbocycles. The summed E-state index contributed by atoms with van der Waals surface area (Å²) in [6.45, 7) is 2.94. The zero-order chi connectivity index (χ0) is 16.0. The summed E-state index contributed by atoms with van der Waals surface area (Å²) in [6, 6.07) is 2.27. The van der Waals surface area contributed by atoms with Gasteiger partial charge in [0.05, 0.1) is 20.6 Å². The van der Waals surface area contributed by atoms with E-state index in [9.17, 15) is 13.2 Å². The molecule has 0 heterocycles. The predicted octanol–water partition coefficient (Wildman–Crippen LogP) is 2.40. The maximum absolute atomic E-state index is 11.7. The minimum atomic E-state index is -3.91. The maximum Gasteiger partial charge on any atom is 0.238 e. The third-order valence-corrected chi connectivity index (χ3v) is 3.99. The van der Waals surface area contributed by atoms with Crippen molar-refractivity contribution in [3.05, 3.63) is 22.2 Å². The zero-order valence-corrected chi connectivity index (χ0v) is 13.7. The van der Waals surface area contributed by atoms with Crippen molar-refractivity contribution in [2.24, 2.45) is 5.14 Å². The Hall–Kier alpha value is -0.860. The summed E-state index contributed by atoms with van der Waals surface area (Å²) < 4.78 is 27.6. The van der Waals surface area contributed by atoms with E-state index in [1.807, 2.05) is 6.92 Å². The van der Waals surface area contributed by atoms with E-state index in [0.29, 0.717) is 19.6 Å². The molecule has 0 aromatic heterocycles. The topological polar surface area (TPSA) is 98.5 Å². The molecule has 21 heavy (non-hydrogen) atoms. The van der Waals surface area contributed by atoms with Gasteiger partial charge in [0.25, 0.3) is 0 Å². The molecular weight excluding hydrogens is 339 g/mol. The highest BCUT2D eigenvalue weighted by Crippen LogP contribution is 2.33. The van der Waals surface area contributed by atoms with Crippen LogP contribution in [0.5, 0.6) is 0 Å². The minimum absolute atomic E-state index is 0.00434. The summed E-state index contributed by atoms with van der Waals surface area (Å²) in [6.07, 6.45) is 0.799. The van der Waals surface area contributed by atoms with Crippen LogP contribution in [0.4, 0.5) is 5.69 Å². The van der Waals surface area contributed by atoms with Crippen molar-refractivity contribution >= 4 is 44.8 Å². The van der Waals surface area contributed by atoms with Gasteiger partial charge in [-0.1, -0.05) is 23.2 Å². The van der Waals surface area contributed by atoms with E-state index >= 15 is 0 Å². The van der Waals surface area contributed by atoms with Crippen LogP contribution >= 0.6 is 23.2 Å². The molecule has 0 aliphatic heterocycles. The van der Waals surface area contributed by atoms with Crippen LogP contribution in [0.15, 0.2) is 17.0 Å². The van der Waals surface area contributed by atoms with Crippen LogP contribution in [0, 0.1) is 0 Å². The maximum atomic E-state index is 11.7. The molecule has 3 N–H and O–H groups in total. The van der Waals surface area contributed by atoms with Gasteiger partial charge in [-0.2, -0.15) is 0 Å². The largest absolute Gasteiger partial charge is 0.382 e. The van der Waals surface area contributed by atoms with E-state index in [4.69, 9.17) is 33.1 Å². The van der Waals surface area contributed by atoms with Crippen LogP contribution in [-0.4, -0.2) is 27.5 Å². The average molecular weight is 355 g/mol. The number of sulfonamides is 1. The van der Waals surface area contributed by atoms with Crippen LogP contribution in [0.3, 0.4) is 0 Å². The van der Waals surface area contributed by atoms with Gasteiger partial charge in [-0.15, -0.1) is 0 Å². The van der Waals surface area contributed by atoms with Gasteiger partial charge in [-0.25, -0.2) is 13.6 Å². The van der Waals surface area contributed by atoms with Crippen molar-refractivity contribution in [3.8, 4) is 0 Å². The third-order valence-electron chi connectivity index (χ3n) is 2.51. The van der Waals surface area contributed by atoms with Gasteiger partial charge in [0, 0.05) is 19.6 Å². The van der Waals surface area contributed by atoms with E-state index in [-0.39, 0.29) is 33.0 Å². The van der Waals surface area contributed by atoms with Gasteiger partial charge in [0.2, 0.25) is 15.9 Å². The number of amides is 1. The Labute approximate surface area is 133 Å². The Morgan fingerprint density at radius 2 is 1.90 bits per heavy atom. The fraction of sp³-hybridized carbons (Fsp3) is 0.417. The van der Waals surface area contributed by atoms with E-state index < -0.39 is 10.0 Å². The molecule has 0 radical (unpaired) electrons. The predicted molar refractivity (Wildman–Crippen MR) is 82.2 cm³/mol. The molecule has 0 bridgehead atoms. The molecule has 0 atom stereocenters. The summed E-state index contributed by atoms with van der Waals surface area (Å²) >= 11 is 11.8. The van der Waals surface area contributed by atoms with Crippen LogP contribution in [0.2, 0.25) is 10.0 Å². The van der Waals surface area contributed by atoms with E-state index in [0.717, 1.165) is 12.1 Å². The highest BCUT2D eigenvalue weighted by molar-refractivity contribution is 7.89. The quantitative estimate of drug-likeness (QED) is 0.734. The molecule has 1 aromatic rings. The van der Waals surface area contributed by atoms with E-state index in [2.05, 4.69) is 5.32 Å². The fourth-order valence-electron chi connectivity index (χ4n) is 1.51. The molecule has 0 unspecified atom stereocenters. The Bertz CT molecular complexity index is 597. The average Bonchev–Trinajstić information content (AvgIpc) is 2.37. The van der Waals surface area contributed by atoms with Crippen LogP contribution in [-0.2, 0) is 19.6 Å². The molecule has 6 nitrogen and oxygen atoms in total. The summed E-state index contributed by atoms with van der Waals surface area (Å²) in [5.74, 6) is -0.290. The van der Waals surface area contributed by atoms with Crippen molar-refractivity contribution in [3.63, 3.8) is 0 Å². The van der Waals surface area contributed by atoms with Gasteiger partial charge in [0.1, 0.15) is 0 Å². The van der Waals surface area contributed by atoms with Crippen LogP contribution < -0.4 is 10.5 Å². The number of nitrogens with one attached hydrogen (secondary N) is 1. The van der Waals surface area contributed by atoms with Gasteiger partial charge < -0.3 is 10.1 Å². The number of hydrogen-bond acceptors (Lipinski definition) is 4. The molecule has 0 saturated heterocycles. The smallest absolute Gasteiger partial charge is 0.238 e. The number of carbonyl (C=O) groups is 1. The molecule has 118 valence electrons. The molecule has 0 saturated carbocycles. The van der Waals surface area contributed by atoms with Gasteiger partial charge >= 0.3 is 0 Å². The first-order valence-corrected chi connectivity index (χ1v) is 8.45. The normalized spacial score (nSPS) is 11.4. The van der Waals surface area contributed by atoms with Crippen molar-refractivity contribution in [2.75, 3.05) is 18.5 Å². The number of primary sulfonamides is 1.